The smallest absolute Gasteiger partial charge is 0.221 e. The lowest BCUT2D eigenvalue weighted by Crippen LogP contribution is -2.07. The number of nitrogen functional groups attached to an aromatic ring is 4. The third-order valence-corrected chi connectivity index (χ3v) is 5.31. The summed E-state index contributed by atoms with van der Waals surface area (Å²) in [7, 11) is 0. The highest BCUT2D eigenvalue weighted by Gasteiger charge is 2.06. The van der Waals surface area contributed by atoms with Crippen LogP contribution in [0.25, 0.3) is 22.3 Å². The predicted molar refractivity (Wildman–Crippen MR) is 152 cm³/mol. The average molecular weight is 499 g/mol. The van der Waals surface area contributed by atoms with E-state index < -0.39 is 0 Å². The Labute approximate surface area is 215 Å². The van der Waals surface area contributed by atoms with Gasteiger partial charge >= 0.3 is 0 Å². The molecule has 9 nitrogen and oxygen atoms in total. The highest BCUT2D eigenvalue weighted by Crippen LogP contribution is 2.31. The van der Waals surface area contributed by atoms with E-state index in [1.165, 1.54) is 19.9 Å². The molecule has 2 amide bonds. The highest BCUT2D eigenvalue weighted by atomic mass is 16.3. The zero-order valence-corrected chi connectivity index (χ0v) is 20.6. The number of carbonyl (C=O) groups excluding carboxylic acids is 2. The number of benzene rings is 4. The summed E-state index contributed by atoms with van der Waals surface area (Å²) in [6.07, 6.45) is 0. The van der Waals surface area contributed by atoms with Crippen molar-refractivity contribution >= 4 is 45.9 Å². The van der Waals surface area contributed by atoms with E-state index in [0.717, 1.165) is 22.3 Å². The third kappa shape index (κ3) is 7.15. The topological polar surface area (TPSA) is 183 Å². The van der Waals surface area contributed by atoms with E-state index in [1.807, 2.05) is 42.5 Å². The van der Waals surface area contributed by atoms with Gasteiger partial charge in [-0.25, -0.2) is 0 Å². The third-order valence-electron chi connectivity index (χ3n) is 5.31. The minimum absolute atomic E-state index is 0.0478. The molecule has 0 bridgehead atoms. The number of carbonyl (C=O) groups is 2. The van der Waals surface area contributed by atoms with Crippen LogP contribution in [0.2, 0.25) is 0 Å². The molecular formula is C28H30N6O3. The summed E-state index contributed by atoms with van der Waals surface area (Å²) >= 11 is 0. The predicted octanol–water partition coefficient (Wildman–Crippen LogP) is 4.66. The number of hydrogen-bond acceptors (Lipinski definition) is 7. The molecule has 0 radical (unpaired) electrons. The number of phenols is 1. The van der Waals surface area contributed by atoms with Crippen molar-refractivity contribution in [1.82, 2.24) is 0 Å². The van der Waals surface area contributed by atoms with E-state index in [0.29, 0.717) is 34.1 Å². The molecule has 11 N–H and O–H groups in total. The Kier molecular flexibility index (Phi) is 8.21. The number of rotatable bonds is 4. The molecule has 4 aromatic rings. The maximum Gasteiger partial charge on any atom is 0.221 e. The zero-order valence-electron chi connectivity index (χ0n) is 20.6. The van der Waals surface area contributed by atoms with Crippen molar-refractivity contribution in [2.24, 2.45) is 0 Å². The van der Waals surface area contributed by atoms with Gasteiger partial charge in [-0.1, -0.05) is 30.3 Å². The van der Waals surface area contributed by atoms with Crippen molar-refractivity contribution in [3.63, 3.8) is 0 Å². The normalized spacial score (nSPS) is 10.1. The fraction of sp³-hybridized carbons (Fsp3) is 0.0714. The molecule has 0 atom stereocenters. The molecule has 0 fully saturated rings. The minimum Gasteiger partial charge on any atom is -0.506 e. The van der Waals surface area contributed by atoms with Gasteiger partial charge in [-0.2, -0.15) is 0 Å². The molecule has 0 aliphatic carbocycles. The van der Waals surface area contributed by atoms with Crippen molar-refractivity contribution in [1.29, 1.82) is 0 Å². The van der Waals surface area contributed by atoms with Crippen molar-refractivity contribution in [3.05, 3.63) is 78.9 Å². The van der Waals surface area contributed by atoms with E-state index in [9.17, 15) is 14.7 Å². The summed E-state index contributed by atoms with van der Waals surface area (Å²) < 4.78 is 0. The van der Waals surface area contributed by atoms with Crippen molar-refractivity contribution < 1.29 is 14.7 Å². The first-order chi connectivity index (χ1) is 17.5. The largest absolute Gasteiger partial charge is 0.506 e. The molecule has 0 aliphatic heterocycles. The van der Waals surface area contributed by atoms with Gasteiger partial charge in [0.1, 0.15) is 5.75 Å². The van der Waals surface area contributed by atoms with E-state index in [-0.39, 0.29) is 17.6 Å². The maximum atomic E-state index is 11.0. The molecule has 37 heavy (non-hydrogen) atoms. The number of aromatic hydroxyl groups is 1. The number of phenolic OH excluding ortho intramolecular Hbond substituents is 1. The molecule has 0 spiro atoms. The fourth-order valence-electron chi connectivity index (χ4n) is 3.54. The molecule has 190 valence electrons. The zero-order chi connectivity index (χ0) is 27.1. The molecule has 0 saturated heterocycles. The first kappa shape index (κ1) is 26.4. The lowest BCUT2D eigenvalue weighted by molar-refractivity contribution is -0.115. The first-order valence-electron chi connectivity index (χ1n) is 11.3. The average Bonchev–Trinajstić information content (AvgIpc) is 2.83. The second-order valence-corrected chi connectivity index (χ2v) is 8.37. The van der Waals surface area contributed by atoms with Crippen LogP contribution in [0.1, 0.15) is 13.8 Å². The Morgan fingerprint density at radius 3 is 1.43 bits per heavy atom. The van der Waals surface area contributed by atoms with Crippen LogP contribution in [-0.4, -0.2) is 16.9 Å². The molecule has 0 aromatic heterocycles. The highest BCUT2D eigenvalue weighted by molar-refractivity contribution is 5.94. The molecule has 4 aromatic carbocycles. The number of anilines is 6. The van der Waals surface area contributed by atoms with Gasteiger partial charge in [0, 0.05) is 19.5 Å². The maximum absolute atomic E-state index is 11.0. The Balaban J connectivity index is 0.000000206. The Bertz CT molecular complexity index is 1450. The lowest BCUT2D eigenvalue weighted by Gasteiger charge is -2.09. The van der Waals surface area contributed by atoms with Crippen LogP contribution in [0.3, 0.4) is 0 Å². The van der Waals surface area contributed by atoms with Crippen LogP contribution in [-0.2, 0) is 9.59 Å². The molecule has 4 rings (SSSR count). The van der Waals surface area contributed by atoms with Gasteiger partial charge in [0.15, 0.2) is 0 Å². The molecular weight excluding hydrogens is 468 g/mol. The molecule has 0 unspecified atom stereocenters. The van der Waals surface area contributed by atoms with Gasteiger partial charge in [0.2, 0.25) is 11.8 Å². The van der Waals surface area contributed by atoms with E-state index in [4.69, 9.17) is 22.9 Å². The SMILES string of the molecule is CC(=O)Nc1ccc(-c2ccc(O)c(N)c2)cc1N.CC(=O)Nc1ccc(-c2cccc(N)c2)cc1N. The van der Waals surface area contributed by atoms with Gasteiger partial charge in [-0.05, 0) is 70.8 Å². The van der Waals surface area contributed by atoms with Crippen LogP contribution in [0.5, 0.6) is 5.75 Å². The summed E-state index contributed by atoms with van der Waals surface area (Å²) in [6.45, 7) is 2.87. The van der Waals surface area contributed by atoms with Crippen LogP contribution < -0.4 is 33.6 Å². The monoisotopic (exact) mass is 498 g/mol. The van der Waals surface area contributed by atoms with Crippen molar-refractivity contribution in [2.45, 2.75) is 13.8 Å². The van der Waals surface area contributed by atoms with Gasteiger partial charge in [-0.3, -0.25) is 9.59 Å². The summed E-state index contributed by atoms with van der Waals surface area (Å²) in [5.41, 5.74) is 30.0. The number of nitrogens with one attached hydrogen (secondary N) is 2. The Hall–Kier alpha value is -5.18. The van der Waals surface area contributed by atoms with Crippen molar-refractivity contribution in [3.8, 4) is 28.0 Å². The van der Waals surface area contributed by atoms with Crippen LogP contribution in [0.15, 0.2) is 78.9 Å². The van der Waals surface area contributed by atoms with E-state index >= 15 is 0 Å². The molecule has 0 heterocycles. The number of amides is 2. The van der Waals surface area contributed by atoms with Crippen LogP contribution >= 0.6 is 0 Å². The molecule has 0 aliphatic rings. The van der Waals surface area contributed by atoms with E-state index in [2.05, 4.69) is 10.6 Å². The number of nitrogens with two attached hydrogens (primary N) is 4. The van der Waals surface area contributed by atoms with Gasteiger partial charge in [-0.15, -0.1) is 0 Å². The first-order valence-corrected chi connectivity index (χ1v) is 11.3. The Morgan fingerprint density at radius 2 is 1.03 bits per heavy atom. The van der Waals surface area contributed by atoms with E-state index in [1.54, 1.807) is 30.3 Å². The second-order valence-electron chi connectivity index (χ2n) is 8.37. The van der Waals surface area contributed by atoms with Gasteiger partial charge in [0.25, 0.3) is 0 Å². The van der Waals surface area contributed by atoms with Gasteiger partial charge in [0.05, 0.1) is 28.4 Å². The summed E-state index contributed by atoms with van der Waals surface area (Å²) in [6, 6.07) is 23.3. The molecule has 9 heteroatoms. The molecule has 0 saturated carbocycles. The lowest BCUT2D eigenvalue weighted by atomic mass is 10.0. The van der Waals surface area contributed by atoms with Crippen molar-refractivity contribution in [2.75, 3.05) is 33.6 Å². The Morgan fingerprint density at radius 1 is 0.595 bits per heavy atom. The fourth-order valence-corrected chi connectivity index (χ4v) is 3.54. The van der Waals surface area contributed by atoms with Crippen LogP contribution in [0.4, 0.5) is 34.1 Å². The number of hydrogen-bond donors (Lipinski definition) is 7. The summed E-state index contributed by atoms with van der Waals surface area (Å²) in [5, 5.41) is 14.7. The van der Waals surface area contributed by atoms with Gasteiger partial charge < -0.3 is 38.7 Å². The quantitative estimate of drug-likeness (QED) is 0.158. The van der Waals surface area contributed by atoms with Crippen LogP contribution in [0, 0.1) is 0 Å². The minimum atomic E-state index is -0.173. The second kappa shape index (κ2) is 11.5. The summed E-state index contributed by atoms with van der Waals surface area (Å²) in [5.74, 6) is -0.265. The summed E-state index contributed by atoms with van der Waals surface area (Å²) in [4.78, 5) is 22.0. The standard InChI is InChI=1S/C14H15N3O2.C14H15N3O/c1-8(18)17-13-4-2-9(6-11(13)15)10-3-5-14(19)12(16)7-10;1-9(18)17-14-6-5-11(8-13(14)16)10-3-2-4-12(15)7-10/h2-7,19H,15-16H2,1H3,(H,17,18);2-8H,15-16H2,1H3,(H,17,18).